The summed E-state index contributed by atoms with van der Waals surface area (Å²) in [6, 6.07) is 0. The van der Waals surface area contributed by atoms with Crippen molar-refractivity contribution in [2.75, 3.05) is 53.4 Å². The molecule has 5 N–H and O–H groups in total. The number of carbonyl (C=O) groups excluding carboxylic acids is 1. The lowest BCUT2D eigenvalue weighted by molar-refractivity contribution is -0.226. The molecule has 0 aromatic rings. The van der Waals surface area contributed by atoms with E-state index in [1.54, 1.807) is 0 Å². The topological polar surface area (TPSA) is 183 Å². The zero-order valence-corrected chi connectivity index (χ0v) is 24.2. The van der Waals surface area contributed by atoms with Gasteiger partial charge in [0.25, 0.3) is 0 Å². The number of carbonyl (C=O) groups is 1. The van der Waals surface area contributed by atoms with Gasteiger partial charge in [-0.2, -0.15) is 0 Å². The molecule has 0 aromatic carbocycles. The van der Waals surface area contributed by atoms with Crippen LogP contribution in [0.3, 0.4) is 0 Å². The maximum Gasteiger partial charge on any atom is 0.158 e. The number of hydrogen-bond acceptors (Lipinski definition) is 14. The molecular weight excluding hydrogens is 552 g/mol. The normalized spacial score (nSPS) is 42.6. The smallest absolute Gasteiger partial charge is 0.158 e. The number of aliphatic hydroxyl groups excluding tert-OH is 5. The van der Waals surface area contributed by atoms with E-state index in [1.165, 1.54) is 14.0 Å². The van der Waals surface area contributed by atoms with Gasteiger partial charge in [0.2, 0.25) is 0 Å². The van der Waals surface area contributed by atoms with Crippen LogP contribution in [-0.4, -0.2) is 146 Å². The van der Waals surface area contributed by atoms with Crippen molar-refractivity contribution in [3.05, 3.63) is 0 Å². The van der Waals surface area contributed by atoms with E-state index in [2.05, 4.69) is 12.9 Å². The minimum Gasteiger partial charge on any atom is -0.394 e. The Labute approximate surface area is 240 Å². The highest BCUT2D eigenvalue weighted by molar-refractivity contribution is 7.75. The summed E-state index contributed by atoms with van der Waals surface area (Å²) in [5.74, 6) is -1.35. The Morgan fingerprint density at radius 1 is 0.875 bits per heavy atom. The molecule has 0 radical (unpaired) electrons. The number of thiol groups is 1. The summed E-state index contributed by atoms with van der Waals surface area (Å²) in [4.78, 5) is 12.1. The van der Waals surface area contributed by atoms with Crippen molar-refractivity contribution < 1.29 is 62.9 Å². The van der Waals surface area contributed by atoms with Crippen molar-refractivity contribution >= 4 is 18.7 Å². The third-order valence-corrected chi connectivity index (χ3v) is 8.46. The second-order valence-corrected chi connectivity index (χ2v) is 11.1. The van der Waals surface area contributed by atoms with Crippen LogP contribution in [0.1, 0.15) is 26.7 Å². The van der Waals surface area contributed by atoms with Gasteiger partial charge in [0, 0.05) is 31.3 Å². The number of aliphatic hydroxyl groups is 5. The molecule has 40 heavy (non-hydrogen) atoms. The number of Topliss-reactive ketones (excluding diaryl/α,β-unsaturated/α-hetero) is 1. The lowest BCUT2D eigenvalue weighted by Gasteiger charge is -2.45. The Morgan fingerprint density at radius 3 is 2.20 bits per heavy atom. The van der Waals surface area contributed by atoms with Crippen molar-refractivity contribution in [1.82, 2.24) is 0 Å². The summed E-state index contributed by atoms with van der Waals surface area (Å²) in [5, 5.41) is 51.8. The largest absolute Gasteiger partial charge is 0.394 e. The Balaban J connectivity index is 1.63. The average molecular weight is 599 g/mol. The van der Waals surface area contributed by atoms with Gasteiger partial charge in [0.1, 0.15) is 36.6 Å². The van der Waals surface area contributed by atoms with Crippen LogP contribution in [0.4, 0.5) is 0 Å². The van der Waals surface area contributed by atoms with Gasteiger partial charge in [0.05, 0.1) is 70.7 Å². The van der Waals surface area contributed by atoms with Crippen LogP contribution in [0, 0.1) is 17.8 Å². The maximum absolute atomic E-state index is 12.1. The number of rotatable bonds is 14. The fraction of sp³-hybridized carbons (Fsp3) is 0.962. The Bertz CT molecular complexity index is 762. The summed E-state index contributed by atoms with van der Waals surface area (Å²) in [6.07, 6.45) is -7.31. The first-order chi connectivity index (χ1) is 19.2. The van der Waals surface area contributed by atoms with Gasteiger partial charge in [-0.05, 0) is 26.3 Å². The average Bonchev–Trinajstić information content (AvgIpc) is 2.92. The van der Waals surface area contributed by atoms with Gasteiger partial charge < -0.3 is 58.1 Å². The first kappa shape index (κ1) is 34.0. The molecule has 3 saturated heterocycles. The molecule has 13 nitrogen and oxygen atoms in total. The molecular formula is C26H46O13S. The predicted molar refractivity (Wildman–Crippen MR) is 142 cm³/mol. The lowest BCUT2D eigenvalue weighted by atomic mass is 9.80. The highest BCUT2D eigenvalue weighted by Crippen LogP contribution is 2.34. The van der Waals surface area contributed by atoms with Crippen molar-refractivity contribution in [3.8, 4) is 0 Å². The van der Waals surface area contributed by atoms with E-state index >= 15 is 0 Å². The quantitative estimate of drug-likeness (QED) is 0.100. The molecule has 3 aliphatic heterocycles. The summed E-state index contributed by atoms with van der Waals surface area (Å²) in [6.45, 7) is 3.30. The number of ketones is 1. The molecule has 3 aliphatic rings. The highest BCUT2D eigenvalue weighted by atomic mass is 32.1. The van der Waals surface area contributed by atoms with Gasteiger partial charge in [-0.1, -0.05) is 6.92 Å². The molecule has 0 spiro atoms. The van der Waals surface area contributed by atoms with Crippen LogP contribution < -0.4 is 0 Å². The van der Waals surface area contributed by atoms with E-state index in [4.69, 9.17) is 32.6 Å². The van der Waals surface area contributed by atoms with Gasteiger partial charge in [-0.15, -0.1) is 0 Å². The minimum atomic E-state index is -1.18. The molecule has 3 heterocycles. The summed E-state index contributed by atoms with van der Waals surface area (Å²) < 4.78 is 39.5. The molecule has 3 rings (SSSR count). The Hall–Kier alpha value is -0.460. The van der Waals surface area contributed by atoms with E-state index in [-0.39, 0.29) is 51.3 Å². The molecule has 0 amide bonds. The van der Waals surface area contributed by atoms with Crippen LogP contribution in [0.5, 0.6) is 0 Å². The fourth-order valence-electron chi connectivity index (χ4n) is 5.93. The zero-order chi connectivity index (χ0) is 29.4. The minimum absolute atomic E-state index is 0.0278. The van der Waals surface area contributed by atoms with Gasteiger partial charge in [-0.25, -0.2) is 0 Å². The maximum atomic E-state index is 12.1. The molecule has 0 bridgehead atoms. The number of ether oxygens (including phenoxy) is 6. The van der Waals surface area contributed by atoms with E-state index < -0.39 is 79.5 Å². The van der Waals surface area contributed by atoms with Crippen LogP contribution >= 0.6 is 12.9 Å². The van der Waals surface area contributed by atoms with Crippen LogP contribution in [0.25, 0.3) is 0 Å². The van der Waals surface area contributed by atoms with Crippen molar-refractivity contribution in [2.24, 2.45) is 17.8 Å². The fourth-order valence-corrected chi connectivity index (χ4v) is 6.20. The van der Waals surface area contributed by atoms with E-state index in [0.717, 1.165) is 0 Å². The first-order valence-corrected chi connectivity index (χ1v) is 14.2. The summed E-state index contributed by atoms with van der Waals surface area (Å²) >= 11 is 3.72. The second-order valence-electron chi connectivity index (χ2n) is 10.9. The van der Waals surface area contributed by atoms with Crippen molar-refractivity contribution in [1.29, 1.82) is 0 Å². The molecule has 234 valence electrons. The van der Waals surface area contributed by atoms with Crippen LogP contribution in [0.15, 0.2) is 0 Å². The van der Waals surface area contributed by atoms with Gasteiger partial charge in [0.15, 0.2) is 5.78 Å². The van der Waals surface area contributed by atoms with Gasteiger partial charge in [-0.3, -0.25) is 4.79 Å². The predicted octanol–water partition coefficient (Wildman–Crippen LogP) is -1.50. The van der Waals surface area contributed by atoms with Gasteiger partial charge >= 0.3 is 0 Å². The molecule has 0 aromatic heterocycles. The van der Waals surface area contributed by atoms with Crippen LogP contribution in [-0.2, 0) is 37.4 Å². The van der Waals surface area contributed by atoms with E-state index in [0.29, 0.717) is 12.8 Å². The van der Waals surface area contributed by atoms with E-state index in [9.17, 15) is 30.3 Å². The standard InChI is InChI=1S/C26H46O13S/c1-4-15-18(29)5-14(37-25(15)13(2)28)7-34-8-16-17(23(31)20(6-27)38-21(16)11-33-3)9-35-12-22-24(32)26(39-40)19(30)10-36-22/h14-27,29-32,40H,4-12H2,1-3H3/t14-,15+,16?,17+,18+,19-,20?,21-,22+,23+,24?,25?,26+/m1/s1. The molecule has 0 aliphatic carbocycles. The van der Waals surface area contributed by atoms with E-state index in [1.807, 2.05) is 6.92 Å². The number of methoxy groups -OCH3 is 1. The summed E-state index contributed by atoms with van der Waals surface area (Å²) in [7, 11) is 1.52. The van der Waals surface area contributed by atoms with Crippen molar-refractivity contribution in [2.45, 2.75) is 87.7 Å². The number of hydrogen-bond donors (Lipinski definition) is 6. The first-order valence-electron chi connectivity index (χ1n) is 13.9. The highest BCUT2D eigenvalue weighted by Gasteiger charge is 2.46. The Kier molecular flexibility index (Phi) is 14.0. The third-order valence-electron chi connectivity index (χ3n) is 8.21. The third kappa shape index (κ3) is 8.34. The molecule has 0 saturated carbocycles. The zero-order valence-electron chi connectivity index (χ0n) is 23.3. The SMILES string of the molecule is CC[C@@H]1C(C(C)=O)O[C@@H](COCC2[C@@H](COC)OC(CO)[C@@H](O)[C@H]2COC[C@@H]2OC[C@@H](O)[C@H](OS)C2O)C[C@@H]1O. The van der Waals surface area contributed by atoms with Crippen molar-refractivity contribution in [3.63, 3.8) is 0 Å². The van der Waals surface area contributed by atoms with Crippen LogP contribution in [0.2, 0.25) is 0 Å². The molecule has 14 heteroatoms. The molecule has 3 fully saturated rings. The second kappa shape index (κ2) is 16.4. The monoisotopic (exact) mass is 598 g/mol. The summed E-state index contributed by atoms with van der Waals surface area (Å²) in [5.41, 5.74) is 0. The Morgan fingerprint density at radius 2 is 1.57 bits per heavy atom. The molecule has 4 unspecified atom stereocenters. The molecule has 13 atom stereocenters. The lowest BCUT2D eigenvalue weighted by Crippen LogP contribution is -2.57.